The summed E-state index contributed by atoms with van der Waals surface area (Å²) >= 11 is 3.02. The molecule has 2 N–H and O–H groups in total. The fraction of sp³-hybridized carbons (Fsp3) is 0.259. The highest BCUT2D eigenvalue weighted by molar-refractivity contribution is 9.10. The Hall–Kier alpha value is -3.46. The molecular formula is C27H27BrF2N4O2. The Kier molecular flexibility index (Phi) is 8.53. The average molecular weight is 557 g/mol. The van der Waals surface area contributed by atoms with Crippen molar-refractivity contribution in [2.75, 3.05) is 41.7 Å². The lowest BCUT2D eigenvalue weighted by Gasteiger charge is -2.36. The molecule has 0 aliphatic carbocycles. The van der Waals surface area contributed by atoms with Crippen LogP contribution in [-0.4, -0.2) is 43.0 Å². The number of rotatable bonds is 7. The molecule has 1 saturated heterocycles. The van der Waals surface area contributed by atoms with Gasteiger partial charge in [0.25, 0.3) is 0 Å². The zero-order valence-electron chi connectivity index (χ0n) is 19.6. The number of amides is 3. The van der Waals surface area contributed by atoms with Crippen molar-refractivity contribution in [3.63, 3.8) is 0 Å². The van der Waals surface area contributed by atoms with Crippen molar-refractivity contribution in [1.82, 2.24) is 4.90 Å². The number of carbonyl (C=O) groups is 2. The molecule has 0 atom stereocenters. The lowest BCUT2D eigenvalue weighted by Crippen LogP contribution is -2.50. The molecule has 0 spiro atoms. The lowest BCUT2D eigenvalue weighted by molar-refractivity contribution is -0.116. The number of benzene rings is 3. The van der Waals surface area contributed by atoms with Crippen molar-refractivity contribution in [3.05, 3.63) is 88.4 Å². The standard InChI is InChI=1S/C27H27BrF2N4O2/c28-20-17-23(29)26(24(30)18-20)32-27(36)34-15-13-33(14-16-34)22-11-9-21(10-12-22)31-25(35)8-4-7-19-5-2-1-3-6-19/h1-3,5-6,9-12,17-18H,4,7-8,13-16H2,(H,31,35)(H,32,36). The first-order chi connectivity index (χ1) is 17.4. The highest BCUT2D eigenvalue weighted by Gasteiger charge is 2.23. The highest BCUT2D eigenvalue weighted by atomic mass is 79.9. The number of nitrogens with one attached hydrogen (secondary N) is 2. The monoisotopic (exact) mass is 556 g/mol. The van der Waals surface area contributed by atoms with Crippen LogP contribution in [0.2, 0.25) is 0 Å². The minimum atomic E-state index is -0.836. The van der Waals surface area contributed by atoms with Crippen LogP contribution in [0.4, 0.5) is 30.6 Å². The van der Waals surface area contributed by atoms with E-state index in [9.17, 15) is 18.4 Å². The van der Waals surface area contributed by atoms with Gasteiger partial charge in [0.15, 0.2) is 11.6 Å². The molecule has 1 aliphatic rings. The zero-order chi connectivity index (χ0) is 25.5. The molecule has 3 amide bonds. The molecule has 9 heteroatoms. The number of nitrogens with zero attached hydrogens (tertiary/aromatic N) is 2. The van der Waals surface area contributed by atoms with Crippen molar-refractivity contribution in [2.45, 2.75) is 19.3 Å². The van der Waals surface area contributed by atoms with E-state index in [1.807, 2.05) is 42.5 Å². The Labute approximate surface area is 217 Å². The third-order valence-electron chi connectivity index (χ3n) is 6.03. The first kappa shape index (κ1) is 25.6. The van der Waals surface area contributed by atoms with Gasteiger partial charge in [0, 0.05) is 48.4 Å². The first-order valence-electron chi connectivity index (χ1n) is 11.8. The minimum Gasteiger partial charge on any atom is -0.368 e. The SMILES string of the molecule is O=C(CCCc1ccccc1)Nc1ccc(N2CCN(C(=O)Nc3c(F)cc(Br)cc3F)CC2)cc1. The molecule has 0 radical (unpaired) electrons. The van der Waals surface area contributed by atoms with Crippen LogP contribution in [-0.2, 0) is 11.2 Å². The van der Waals surface area contributed by atoms with Gasteiger partial charge in [0.05, 0.1) is 0 Å². The van der Waals surface area contributed by atoms with Crippen LogP contribution >= 0.6 is 15.9 Å². The predicted molar refractivity (Wildman–Crippen MR) is 141 cm³/mol. The number of piperazine rings is 1. The van der Waals surface area contributed by atoms with Gasteiger partial charge < -0.3 is 20.4 Å². The number of urea groups is 1. The Bertz CT molecular complexity index is 1180. The van der Waals surface area contributed by atoms with Gasteiger partial charge in [-0.25, -0.2) is 13.6 Å². The highest BCUT2D eigenvalue weighted by Crippen LogP contribution is 2.25. The van der Waals surface area contributed by atoms with Gasteiger partial charge in [0.2, 0.25) is 5.91 Å². The Morgan fingerprint density at radius 2 is 1.50 bits per heavy atom. The molecule has 36 heavy (non-hydrogen) atoms. The molecule has 4 rings (SSSR count). The van der Waals surface area contributed by atoms with Crippen molar-refractivity contribution in [3.8, 4) is 0 Å². The number of aryl methyl sites for hydroxylation is 1. The summed E-state index contributed by atoms with van der Waals surface area (Å²) < 4.78 is 28.3. The molecule has 3 aromatic rings. The fourth-order valence-electron chi connectivity index (χ4n) is 4.09. The van der Waals surface area contributed by atoms with Gasteiger partial charge in [-0.2, -0.15) is 0 Å². The van der Waals surface area contributed by atoms with Gasteiger partial charge in [-0.1, -0.05) is 46.3 Å². The quantitative estimate of drug-likeness (QED) is 0.372. The molecule has 3 aromatic carbocycles. The molecule has 188 valence electrons. The van der Waals surface area contributed by atoms with Crippen LogP contribution in [0.1, 0.15) is 18.4 Å². The van der Waals surface area contributed by atoms with Crippen LogP contribution in [0, 0.1) is 11.6 Å². The fourth-order valence-corrected chi connectivity index (χ4v) is 4.49. The molecule has 0 unspecified atom stereocenters. The summed E-state index contributed by atoms with van der Waals surface area (Å²) in [5.41, 5.74) is 2.48. The molecule has 0 bridgehead atoms. The molecule has 1 aliphatic heterocycles. The van der Waals surface area contributed by atoms with E-state index in [0.29, 0.717) is 32.6 Å². The normalized spacial score (nSPS) is 13.4. The van der Waals surface area contributed by atoms with Crippen LogP contribution < -0.4 is 15.5 Å². The number of hydrogen-bond acceptors (Lipinski definition) is 3. The number of halogens is 3. The maximum atomic E-state index is 14.0. The van der Waals surface area contributed by atoms with Gasteiger partial charge in [-0.3, -0.25) is 4.79 Å². The van der Waals surface area contributed by atoms with E-state index in [1.54, 1.807) is 0 Å². The second-order valence-electron chi connectivity index (χ2n) is 8.58. The van der Waals surface area contributed by atoms with Gasteiger partial charge in [-0.15, -0.1) is 0 Å². The summed E-state index contributed by atoms with van der Waals surface area (Å²) in [5, 5.41) is 5.27. The van der Waals surface area contributed by atoms with Crippen LogP contribution in [0.25, 0.3) is 0 Å². The average Bonchev–Trinajstić information content (AvgIpc) is 2.87. The topological polar surface area (TPSA) is 64.7 Å². The number of hydrogen-bond donors (Lipinski definition) is 2. The molecule has 1 fully saturated rings. The van der Waals surface area contributed by atoms with E-state index >= 15 is 0 Å². The van der Waals surface area contributed by atoms with Crippen molar-refractivity contribution in [2.24, 2.45) is 0 Å². The van der Waals surface area contributed by atoms with Gasteiger partial charge >= 0.3 is 6.03 Å². The first-order valence-corrected chi connectivity index (χ1v) is 12.6. The number of carbonyl (C=O) groups excluding carboxylic acids is 2. The Balaban J connectivity index is 1.22. The van der Waals surface area contributed by atoms with E-state index in [0.717, 1.165) is 36.3 Å². The van der Waals surface area contributed by atoms with Crippen LogP contribution in [0.5, 0.6) is 0 Å². The molecule has 0 saturated carbocycles. The van der Waals surface area contributed by atoms with Crippen LogP contribution in [0.15, 0.2) is 71.2 Å². The van der Waals surface area contributed by atoms with Gasteiger partial charge in [-0.05, 0) is 54.8 Å². The summed E-state index contributed by atoms with van der Waals surface area (Å²) in [4.78, 5) is 28.4. The summed E-state index contributed by atoms with van der Waals surface area (Å²) in [6.45, 7) is 1.96. The predicted octanol–water partition coefficient (Wildman–Crippen LogP) is 6.04. The third-order valence-corrected chi connectivity index (χ3v) is 6.49. The van der Waals surface area contributed by atoms with E-state index in [1.165, 1.54) is 10.5 Å². The molecular weight excluding hydrogens is 530 g/mol. The second kappa shape index (κ2) is 12.0. The van der Waals surface area contributed by atoms with E-state index in [2.05, 4.69) is 43.6 Å². The summed E-state index contributed by atoms with van der Waals surface area (Å²) in [6, 6.07) is 19.4. The maximum absolute atomic E-state index is 14.0. The molecule has 6 nitrogen and oxygen atoms in total. The van der Waals surface area contributed by atoms with E-state index in [4.69, 9.17) is 0 Å². The molecule has 0 aromatic heterocycles. The second-order valence-corrected chi connectivity index (χ2v) is 9.50. The zero-order valence-corrected chi connectivity index (χ0v) is 21.2. The Morgan fingerprint density at radius 1 is 0.861 bits per heavy atom. The maximum Gasteiger partial charge on any atom is 0.322 e. The largest absolute Gasteiger partial charge is 0.368 e. The minimum absolute atomic E-state index is 0.0167. The number of anilines is 3. The molecule has 1 heterocycles. The smallest absolute Gasteiger partial charge is 0.322 e. The summed E-state index contributed by atoms with van der Waals surface area (Å²) in [7, 11) is 0. The lowest BCUT2D eigenvalue weighted by atomic mass is 10.1. The summed E-state index contributed by atoms with van der Waals surface area (Å²) in [6.07, 6.45) is 2.10. The van der Waals surface area contributed by atoms with Crippen molar-refractivity contribution >= 4 is 44.9 Å². The van der Waals surface area contributed by atoms with Crippen molar-refractivity contribution < 1.29 is 18.4 Å². The van der Waals surface area contributed by atoms with E-state index in [-0.39, 0.29) is 10.4 Å². The summed E-state index contributed by atoms with van der Waals surface area (Å²) in [5.74, 6) is -1.69. The van der Waals surface area contributed by atoms with Crippen molar-refractivity contribution in [1.29, 1.82) is 0 Å². The Morgan fingerprint density at radius 3 is 2.14 bits per heavy atom. The van der Waals surface area contributed by atoms with Gasteiger partial charge in [0.1, 0.15) is 5.69 Å². The third kappa shape index (κ3) is 6.81. The van der Waals surface area contributed by atoms with Crippen LogP contribution in [0.3, 0.4) is 0 Å². The van der Waals surface area contributed by atoms with E-state index < -0.39 is 23.4 Å².